The standard InChI is InChI=1S/C15H15N3O9/c1-4-7-25-13(22)16-10(19)17(14(23)26-8-5-2)12(21)18(11(16)20)15(24)27-9-6-3/h4-6H,1-3,7-9H2. The van der Waals surface area contributed by atoms with Crippen LogP contribution < -0.4 is 17.1 Å². The van der Waals surface area contributed by atoms with Crippen LogP contribution in [-0.2, 0) is 14.2 Å². The lowest BCUT2D eigenvalue weighted by Crippen LogP contribution is -2.59. The van der Waals surface area contributed by atoms with Gasteiger partial charge in [-0.15, -0.1) is 13.7 Å². The fraction of sp³-hybridized carbons (Fsp3) is 0.200. The molecule has 0 N–H and O–H groups in total. The lowest BCUT2D eigenvalue weighted by atomic mass is 10.7. The van der Waals surface area contributed by atoms with E-state index in [-0.39, 0.29) is 13.7 Å². The SMILES string of the molecule is C=CCOC(=O)n1c(=O)n(C(=O)OCC=C)c(=O)n(C(=O)OCC=C)c1=O. The molecule has 144 valence electrons. The first-order valence-electron chi connectivity index (χ1n) is 7.17. The van der Waals surface area contributed by atoms with Gasteiger partial charge in [-0.25, -0.2) is 28.8 Å². The Balaban J connectivity index is 3.75. The molecule has 12 heteroatoms. The summed E-state index contributed by atoms with van der Waals surface area (Å²) < 4.78 is 12.9. The van der Waals surface area contributed by atoms with Crippen LogP contribution in [0.5, 0.6) is 0 Å². The van der Waals surface area contributed by atoms with E-state index in [1.807, 2.05) is 0 Å². The van der Waals surface area contributed by atoms with E-state index in [1.54, 1.807) is 0 Å². The average Bonchev–Trinajstić information content (AvgIpc) is 2.62. The zero-order chi connectivity index (χ0) is 20.6. The summed E-state index contributed by atoms with van der Waals surface area (Å²) in [4.78, 5) is 72.8. The van der Waals surface area contributed by atoms with Crippen LogP contribution in [0.1, 0.15) is 0 Å². The van der Waals surface area contributed by atoms with Crippen molar-refractivity contribution in [2.45, 2.75) is 0 Å². The maximum atomic E-state index is 12.3. The molecule has 1 rings (SSSR count). The molecule has 0 aliphatic rings. The number of ether oxygens (including phenoxy) is 3. The fourth-order valence-corrected chi connectivity index (χ4v) is 1.60. The predicted octanol–water partition coefficient (Wildman–Crippen LogP) is -0.316. The van der Waals surface area contributed by atoms with E-state index >= 15 is 0 Å². The monoisotopic (exact) mass is 381 g/mol. The minimum atomic E-state index is -1.69. The Morgan fingerprint density at radius 3 is 1.04 bits per heavy atom. The Bertz CT molecular complexity index is 810. The number of aromatic nitrogens is 3. The molecule has 0 unspecified atom stereocenters. The van der Waals surface area contributed by atoms with Crippen molar-refractivity contribution in [3.63, 3.8) is 0 Å². The number of carbonyl (C=O) groups excluding carboxylic acids is 3. The molecule has 1 heterocycles. The highest BCUT2D eigenvalue weighted by Gasteiger charge is 2.28. The van der Waals surface area contributed by atoms with Crippen molar-refractivity contribution in [1.82, 2.24) is 13.7 Å². The molecule has 0 aromatic carbocycles. The van der Waals surface area contributed by atoms with Crippen molar-refractivity contribution in [3.8, 4) is 0 Å². The molecular formula is C15H15N3O9. The third-order valence-corrected chi connectivity index (χ3v) is 2.67. The van der Waals surface area contributed by atoms with Crippen LogP contribution in [0.25, 0.3) is 0 Å². The number of hydrogen-bond acceptors (Lipinski definition) is 9. The van der Waals surface area contributed by atoms with Gasteiger partial charge in [-0.05, 0) is 0 Å². The zero-order valence-electron chi connectivity index (χ0n) is 14.0. The Hall–Kier alpha value is -3.96. The quantitative estimate of drug-likeness (QED) is 0.478. The second-order valence-electron chi connectivity index (χ2n) is 4.45. The maximum Gasteiger partial charge on any atom is 0.426 e. The number of hydrogen-bond donors (Lipinski definition) is 0. The Morgan fingerprint density at radius 2 is 0.852 bits per heavy atom. The highest BCUT2D eigenvalue weighted by molar-refractivity contribution is 5.75. The van der Waals surface area contributed by atoms with Crippen LogP contribution in [0.3, 0.4) is 0 Å². The minimum absolute atomic E-state index is 0.241. The molecule has 0 fully saturated rings. The van der Waals surface area contributed by atoms with E-state index in [9.17, 15) is 28.8 Å². The second-order valence-corrected chi connectivity index (χ2v) is 4.45. The Labute approximate surface area is 150 Å². The largest absolute Gasteiger partial charge is 0.444 e. The van der Waals surface area contributed by atoms with Gasteiger partial charge in [0.25, 0.3) is 0 Å². The first kappa shape index (κ1) is 21.1. The molecule has 0 amide bonds. The molecule has 0 spiro atoms. The van der Waals surface area contributed by atoms with Crippen LogP contribution in [-0.4, -0.2) is 51.8 Å². The molecule has 12 nitrogen and oxygen atoms in total. The summed E-state index contributed by atoms with van der Waals surface area (Å²) in [6.45, 7) is 8.63. The average molecular weight is 381 g/mol. The highest BCUT2D eigenvalue weighted by Crippen LogP contribution is 1.88. The van der Waals surface area contributed by atoms with Crippen molar-refractivity contribution >= 4 is 18.3 Å². The zero-order valence-corrected chi connectivity index (χ0v) is 14.0. The van der Waals surface area contributed by atoms with E-state index in [1.165, 1.54) is 0 Å². The van der Waals surface area contributed by atoms with Gasteiger partial charge < -0.3 is 14.2 Å². The third kappa shape index (κ3) is 4.56. The molecule has 0 saturated heterocycles. The van der Waals surface area contributed by atoms with E-state index in [4.69, 9.17) is 0 Å². The van der Waals surface area contributed by atoms with E-state index in [2.05, 4.69) is 33.9 Å². The van der Waals surface area contributed by atoms with E-state index < -0.39 is 55.2 Å². The molecule has 0 aliphatic heterocycles. The molecule has 1 aromatic rings. The van der Waals surface area contributed by atoms with Gasteiger partial charge in [-0.3, -0.25) is 0 Å². The maximum absolute atomic E-state index is 12.3. The highest BCUT2D eigenvalue weighted by atomic mass is 16.6. The van der Waals surface area contributed by atoms with Crippen molar-refractivity contribution in [1.29, 1.82) is 0 Å². The van der Waals surface area contributed by atoms with Crippen LogP contribution in [0.4, 0.5) is 14.4 Å². The third-order valence-electron chi connectivity index (χ3n) is 2.67. The summed E-state index contributed by atoms with van der Waals surface area (Å²) in [5, 5.41) is 0. The summed E-state index contributed by atoms with van der Waals surface area (Å²) in [6, 6.07) is 0. The van der Waals surface area contributed by atoms with E-state index in [0.29, 0.717) is 0 Å². The first-order valence-corrected chi connectivity index (χ1v) is 7.17. The van der Waals surface area contributed by atoms with Gasteiger partial charge in [0.05, 0.1) is 0 Å². The molecule has 0 aliphatic carbocycles. The molecule has 0 bridgehead atoms. The molecule has 1 aromatic heterocycles. The fourth-order valence-electron chi connectivity index (χ4n) is 1.60. The summed E-state index contributed by atoms with van der Waals surface area (Å²) in [5.41, 5.74) is -5.08. The van der Waals surface area contributed by atoms with Crippen LogP contribution in [0.2, 0.25) is 0 Å². The van der Waals surface area contributed by atoms with Gasteiger partial charge in [-0.2, -0.15) is 0 Å². The van der Waals surface area contributed by atoms with Gasteiger partial charge in [0.15, 0.2) is 0 Å². The first-order chi connectivity index (χ1) is 12.8. The number of nitrogens with zero attached hydrogens (tertiary/aromatic N) is 3. The number of carbonyl (C=O) groups is 3. The van der Waals surface area contributed by atoms with Crippen molar-refractivity contribution in [2.24, 2.45) is 0 Å². The molecular weight excluding hydrogens is 366 g/mol. The van der Waals surface area contributed by atoms with Crippen molar-refractivity contribution in [2.75, 3.05) is 19.8 Å². The van der Waals surface area contributed by atoms with Gasteiger partial charge in [0.1, 0.15) is 19.8 Å². The summed E-state index contributed by atoms with van der Waals surface area (Å²) >= 11 is 0. The van der Waals surface area contributed by atoms with Gasteiger partial charge >= 0.3 is 35.3 Å². The lowest BCUT2D eigenvalue weighted by molar-refractivity contribution is 0.143. The molecule has 0 radical (unpaired) electrons. The van der Waals surface area contributed by atoms with Crippen LogP contribution in [0.15, 0.2) is 52.3 Å². The van der Waals surface area contributed by atoms with Gasteiger partial charge in [0.2, 0.25) is 0 Å². The van der Waals surface area contributed by atoms with E-state index in [0.717, 1.165) is 18.2 Å². The van der Waals surface area contributed by atoms with Gasteiger partial charge in [-0.1, -0.05) is 38.0 Å². The lowest BCUT2D eigenvalue weighted by Gasteiger charge is -2.11. The summed E-state index contributed by atoms with van der Waals surface area (Å²) in [5.74, 6) is 0. The van der Waals surface area contributed by atoms with Crippen molar-refractivity contribution in [3.05, 3.63) is 69.4 Å². The normalized spacial score (nSPS) is 9.78. The topological polar surface area (TPSA) is 145 Å². The molecule has 27 heavy (non-hydrogen) atoms. The van der Waals surface area contributed by atoms with Crippen molar-refractivity contribution < 1.29 is 28.6 Å². The second kappa shape index (κ2) is 9.50. The minimum Gasteiger partial charge on any atom is -0.444 e. The smallest absolute Gasteiger partial charge is 0.426 e. The summed E-state index contributed by atoms with van der Waals surface area (Å²) in [6.07, 6.45) is -1.27. The van der Waals surface area contributed by atoms with Crippen LogP contribution >= 0.6 is 0 Å². The van der Waals surface area contributed by atoms with Gasteiger partial charge in [0, 0.05) is 0 Å². The Morgan fingerprint density at radius 1 is 0.630 bits per heavy atom. The molecule has 0 saturated carbocycles. The summed E-state index contributed by atoms with van der Waals surface area (Å²) in [7, 11) is 0. The predicted molar refractivity (Wildman–Crippen MR) is 90.1 cm³/mol. The number of rotatable bonds is 6. The van der Waals surface area contributed by atoms with Crippen LogP contribution in [0, 0.1) is 0 Å². The molecule has 0 atom stereocenters. The Kier molecular flexibility index (Phi) is 7.42.